The minimum Gasteiger partial charge on any atom is -0.356 e. The van der Waals surface area contributed by atoms with Crippen molar-refractivity contribution in [3.8, 4) is 0 Å². The zero-order chi connectivity index (χ0) is 18.6. The highest BCUT2D eigenvalue weighted by Gasteiger charge is 2.29. The van der Waals surface area contributed by atoms with Gasteiger partial charge < -0.3 is 15.5 Å². The fourth-order valence-electron chi connectivity index (χ4n) is 3.03. The van der Waals surface area contributed by atoms with E-state index in [1.54, 1.807) is 23.5 Å². The fourth-order valence-corrected chi connectivity index (χ4v) is 4.68. The Morgan fingerprint density at radius 1 is 1.15 bits per heavy atom. The molecule has 1 aromatic rings. The summed E-state index contributed by atoms with van der Waals surface area (Å²) in [5, 5.41) is 6.54. The SMILES string of the molecule is CN=C(NCc1ccccc1S(=O)(=O)N1CCN(C)CC1)NCC1CC1.I. The summed E-state index contributed by atoms with van der Waals surface area (Å²) < 4.78 is 27.8. The Morgan fingerprint density at radius 2 is 1.81 bits per heavy atom. The van der Waals surface area contributed by atoms with Gasteiger partial charge in [0.2, 0.25) is 10.0 Å². The average molecular weight is 507 g/mol. The third-order valence-electron chi connectivity index (χ3n) is 4.98. The number of sulfonamides is 1. The van der Waals surface area contributed by atoms with E-state index in [1.807, 2.05) is 19.2 Å². The number of rotatable bonds is 6. The Kier molecular flexibility index (Phi) is 8.32. The van der Waals surface area contributed by atoms with Crippen LogP contribution in [0.1, 0.15) is 18.4 Å². The monoisotopic (exact) mass is 507 g/mol. The van der Waals surface area contributed by atoms with Gasteiger partial charge in [-0.05, 0) is 37.4 Å². The van der Waals surface area contributed by atoms with Crippen LogP contribution in [0.5, 0.6) is 0 Å². The molecule has 2 N–H and O–H groups in total. The fraction of sp³-hybridized carbons (Fsp3) is 0.611. The number of hydrogen-bond donors (Lipinski definition) is 2. The van der Waals surface area contributed by atoms with Gasteiger partial charge >= 0.3 is 0 Å². The van der Waals surface area contributed by atoms with Crippen molar-refractivity contribution in [2.45, 2.75) is 24.3 Å². The first-order valence-electron chi connectivity index (χ1n) is 9.22. The van der Waals surface area contributed by atoms with Crippen LogP contribution >= 0.6 is 24.0 Å². The molecule has 0 amide bonds. The molecule has 0 spiro atoms. The van der Waals surface area contributed by atoms with Gasteiger partial charge in [-0.3, -0.25) is 4.99 Å². The van der Waals surface area contributed by atoms with Gasteiger partial charge in [0.25, 0.3) is 0 Å². The van der Waals surface area contributed by atoms with Gasteiger partial charge in [0.05, 0.1) is 4.90 Å². The van der Waals surface area contributed by atoms with Crippen molar-refractivity contribution in [3.63, 3.8) is 0 Å². The second kappa shape index (κ2) is 10.0. The summed E-state index contributed by atoms with van der Waals surface area (Å²) in [4.78, 5) is 6.75. The van der Waals surface area contributed by atoms with Crippen LogP contribution in [0, 0.1) is 5.92 Å². The van der Waals surface area contributed by atoms with Crippen molar-refractivity contribution in [2.24, 2.45) is 10.9 Å². The number of likely N-dealkylation sites (N-methyl/N-ethyl adjacent to an activating group) is 1. The molecule has 0 atom stereocenters. The lowest BCUT2D eigenvalue weighted by molar-refractivity contribution is 0.222. The molecule has 1 saturated carbocycles. The maximum absolute atomic E-state index is 13.1. The van der Waals surface area contributed by atoms with Crippen LogP contribution < -0.4 is 10.6 Å². The van der Waals surface area contributed by atoms with Gasteiger partial charge in [0.1, 0.15) is 0 Å². The zero-order valence-corrected chi connectivity index (χ0v) is 19.2. The molecule has 9 heteroatoms. The Balaban J connectivity index is 0.00000261. The van der Waals surface area contributed by atoms with Crippen LogP contribution in [0.4, 0.5) is 0 Å². The summed E-state index contributed by atoms with van der Waals surface area (Å²) in [6.07, 6.45) is 2.55. The van der Waals surface area contributed by atoms with Gasteiger partial charge in [0.15, 0.2) is 5.96 Å². The van der Waals surface area contributed by atoms with E-state index in [9.17, 15) is 8.42 Å². The average Bonchev–Trinajstić information content (AvgIpc) is 3.47. The number of benzene rings is 1. The molecule has 2 aliphatic rings. The minimum atomic E-state index is -3.48. The molecule has 0 aromatic heterocycles. The number of halogens is 1. The second-order valence-corrected chi connectivity index (χ2v) is 8.97. The standard InChI is InChI=1S/C18H29N5O2S.HI/c1-19-18(20-13-15-7-8-15)21-14-16-5-3-4-6-17(16)26(24,25)23-11-9-22(2)10-12-23;/h3-6,15H,7-14H2,1-2H3,(H2,19,20,21);1H. The van der Waals surface area contributed by atoms with Gasteiger partial charge in [-0.2, -0.15) is 4.31 Å². The van der Waals surface area contributed by atoms with Gasteiger partial charge in [0, 0.05) is 46.3 Å². The molecular formula is C18H30IN5O2S. The highest BCUT2D eigenvalue weighted by atomic mass is 127. The summed E-state index contributed by atoms with van der Waals surface area (Å²) in [6, 6.07) is 7.22. The quantitative estimate of drug-likeness (QED) is 0.345. The molecule has 7 nitrogen and oxygen atoms in total. The zero-order valence-electron chi connectivity index (χ0n) is 16.0. The number of guanidine groups is 1. The summed E-state index contributed by atoms with van der Waals surface area (Å²) in [7, 11) is 0.267. The minimum absolute atomic E-state index is 0. The smallest absolute Gasteiger partial charge is 0.243 e. The van der Waals surface area contributed by atoms with Crippen molar-refractivity contribution >= 4 is 40.0 Å². The highest BCUT2D eigenvalue weighted by molar-refractivity contribution is 14.0. The van der Waals surface area contributed by atoms with Crippen LogP contribution in [0.15, 0.2) is 34.2 Å². The molecular weight excluding hydrogens is 477 g/mol. The molecule has 0 radical (unpaired) electrons. The summed E-state index contributed by atoms with van der Waals surface area (Å²) >= 11 is 0. The van der Waals surface area contributed by atoms with Crippen molar-refractivity contribution in [2.75, 3.05) is 46.8 Å². The number of hydrogen-bond acceptors (Lipinski definition) is 4. The maximum Gasteiger partial charge on any atom is 0.243 e. The van der Waals surface area contributed by atoms with E-state index >= 15 is 0 Å². The third kappa shape index (κ3) is 6.03. The van der Waals surface area contributed by atoms with Crippen molar-refractivity contribution in [1.82, 2.24) is 19.8 Å². The molecule has 2 fully saturated rings. The first kappa shape index (κ1) is 22.4. The molecule has 1 aliphatic heterocycles. The van der Waals surface area contributed by atoms with E-state index in [4.69, 9.17) is 0 Å². The van der Waals surface area contributed by atoms with E-state index in [0.29, 0.717) is 30.5 Å². The molecule has 1 aliphatic carbocycles. The van der Waals surface area contributed by atoms with Crippen molar-refractivity contribution < 1.29 is 8.42 Å². The van der Waals surface area contributed by atoms with E-state index in [-0.39, 0.29) is 24.0 Å². The molecule has 1 heterocycles. The molecule has 1 aromatic carbocycles. The Labute approximate surface area is 179 Å². The molecule has 152 valence electrons. The molecule has 3 rings (SSSR count). The normalized spacial score (nSPS) is 19.4. The summed E-state index contributed by atoms with van der Waals surface area (Å²) in [6.45, 7) is 3.93. The van der Waals surface area contributed by atoms with Crippen LogP contribution in [0.3, 0.4) is 0 Å². The summed E-state index contributed by atoms with van der Waals surface area (Å²) in [5.41, 5.74) is 0.765. The lowest BCUT2D eigenvalue weighted by Gasteiger charge is -2.32. The van der Waals surface area contributed by atoms with Crippen molar-refractivity contribution in [3.05, 3.63) is 29.8 Å². The first-order valence-corrected chi connectivity index (χ1v) is 10.7. The third-order valence-corrected chi connectivity index (χ3v) is 6.98. The molecule has 0 bridgehead atoms. The molecule has 1 saturated heterocycles. The lowest BCUT2D eigenvalue weighted by atomic mass is 10.2. The van der Waals surface area contributed by atoms with Gasteiger partial charge in [-0.25, -0.2) is 8.42 Å². The number of nitrogens with one attached hydrogen (secondary N) is 2. The van der Waals surface area contributed by atoms with E-state index in [1.165, 1.54) is 12.8 Å². The predicted molar refractivity (Wildman–Crippen MR) is 119 cm³/mol. The van der Waals surface area contributed by atoms with E-state index in [0.717, 1.165) is 31.1 Å². The Morgan fingerprint density at radius 3 is 2.44 bits per heavy atom. The molecule has 0 unspecified atom stereocenters. The van der Waals surface area contributed by atoms with E-state index in [2.05, 4.69) is 20.5 Å². The predicted octanol–water partition coefficient (Wildman–Crippen LogP) is 1.32. The number of piperazine rings is 1. The maximum atomic E-state index is 13.1. The topological polar surface area (TPSA) is 77.0 Å². The van der Waals surface area contributed by atoms with Crippen LogP contribution in [0.25, 0.3) is 0 Å². The number of aliphatic imine (C=N–C) groups is 1. The Bertz CT molecular complexity index is 744. The largest absolute Gasteiger partial charge is 0.356 e. The van der Waals surface area contributed by atoms with Crippen LogP contribution in [-0.2, 0) is 16.6 Å². The highest BCUT2D eigenvalue weighted by Crippen LogP contribution is 2.27. The Hall–Kier alpha value is -0.910. The van der Waals surface area contributed by atoms with Crippen LogP contribution in [-0.4, -0.2) is 70.4 Å². The van der Waals surface area contributed by atoms with Gasteiger partial charge in [-0.15, -0.1) is 24.0 Å². The van der Waals surface area contributed by atoms with Gasteiger partial charge in [-0.1, -0.05) is 18.2 Å². The second-order valence-electron chi connectivity index (χ2n) is 7.07. The molecule has 27 heavy (non-hydrogen) atoms. The van der Waals surface area contributed by atoms with Crippen LogP contribution in [0.2, 0.25) is 0 Å². The first-order chi connectivity index (χ1) is 12.5. The summed E-state index contributed by atoms with van der Waals surface area (Å²) in [5.74, 6) is 1.46. The number of nitrogens with zero attached hydrogens (tertiary/aromatic N) is 3. The van der Waals surface area contributed by atoms with Crippen molar-refractivity contribution in [1.29, 1.82) is 0 Å². The van der Waals surface area contributed by atoms with E-state index < -0.39 is 10.0 Å². The lowest BCUT2D eigenvalue weighted by Crippen LogP contribution is -2.47.